The molecule has 0 saturated carbocycles. The van der Waals surface area contributed by atoms with Crippen LogP contribution in [0.1, 0.15) is 27.9 Å². The molecule has 0 unspecified atom stereocenters. The Morgan fingerprint density at radius 1 is 1.10 bits per heavy atom. The summed E-state index contributed by atoms with van der Waals surface area (Å²) in [6.45, 7) is 2.32. The van der Waals surface area contributed by atoms with Crippen molar-refractivity contribution in [3.63, 3.8) is 0 Å². The summed E-state index contributed by atoms with van der Waals surface area (Å²) in [6.07, 6.45) is 4.19. The molecule has 0 bridgehead atoms. The first kappa shape index (κ1) is 22.5. The van der Waals surface area contributed by atoms with E-state index in [0.717, 1.165) is 23.3 Å². The average molecular weight is 415 g/mol. The van der Waals surface area contributed by atoms with E-state index in [9.17, 15) is 4.79 Å². The molecule has 29 heavy (non-hydrogen) atoms. The smallest absolute Gasteiger partial charge is 0.257 e. The fourth-order valence-electron chi connectivity index (χ4n) is 3.00. The standard InChI is InChI=1S/C22H26N4O2.ClH/c1-28-21-10-8-19(9-11-21)16-26-17-20(14-24-26)22(27)25(13-5-12-23)15-18-6-3-2-4-7-18;/h2-4,6-11,14,17H,5,12-13,15-16,23H2,1H3;1H. The van der Waals surface area contributed by atoms with Crippen LogP contribution in [-0.2, 0) is 13.1 Å². The van der Waals surface area contributed by atoms with Crippen molar-refractivity contribution in [2.45, 2.75) is 19.5 Å². The van der Waals surface area contributed by atoms with Gasteiger partial charge >= 0.3 is 0 Å². The van der Waals surface area contributed by atoms with Crippen LogP contribution in [0.5, 0.6) is 5.75 Å². The largest absolute Gasteiger partial charge is 0.497 e. The van der Waals surface area contributed by atoms with Crippen molar-refractivity contribution in [2.24, 2.45) is 5.73 Å². The molecule has 154 valence electrons. The van der Waals surface area contributed by atoms with Gasteiger partial charge in [-0.3, -0.25) is 9.48 Å². The van der Waals surface area contributed by atoms with Crippen LogP contribution in [0.2, 0.25) is 0 Å². The first-order valence-corrected chi connectivity index (χ1v) is 9.38. The van der Waals surface area contributed by atoms with Gasteiger partial charge in [-0.15, -0.1) is 12.4 Å². The van der Waals surface area contributed by atoms with Crippen molar-refractivity contribution < 1.29 is 9.53 Å². The van der Waals surface area contributed by atoms with Gasteiger partial charge < -0.3 is 15.4 Å². The Labute approximate surface area is 177 Å². The summed E-state index contributed by atoms with van der Waals surface area (Å²) >= 11 is 0. The number of aromatic nitrogens is 2. The third-order valence-electron chi connectivity index (χ3n) is 4.52. The van der Waals surface area contributed by atoms with Crippen LogP contribution in [0.4, 0.5) is 0 Å². The van der Waals surface area contributed by atoms with Gasteiger partial charge in [0, 0.05) is 19.3 Å². The predicted molar refractivity (Wildman–Crippen MR) is 116 cm³/mol. The second kappa shape index (κ2) is 11.2. The summed E-state index contributed by atoms with van der Waals surface area (Å²) in [5.74, 6) is 0.787. The SMILES string of the molecule is COc1ccc(Cn2cc(C(=O)N(CCCN)Cc3ccccc3)cn2)cc1.Cl. The third kappa shape index (κ3) is 6.34. The van der Waals surface area contributed by atoms with E-state index in [0.29, 0.717) is 31.7 Å². The van der Waals surface area contributed by atoms with E-state index >= 15 is 0 Å². The van der Waals surface area contributed by atoms with Crippen LogP contribution in [0.25, 0.3) is 0 Å². The highest BCUT2D eigenvalue weighted by atomic mass is 35.5. The molecule has 0 aliphatic heterocycles. The molecular formula is C22H27ClN4O2. The number of benzene rings is 2. The topological polar surface area (TPSA) is 73.4 Å². The minimum absolute atomic E-state index is 0. The van der Waals surface area contributed by atoms with E-state index in [1.807, 2.05) is 59.5 Å². The lowest BCUT2D eigenvalue weighted by atomic mass is 10.2. The molecule has 1 heterocycles. The van der Waals surface area contributed by atoms with Crippen LogP contribution in [0.3, 0.4) is 0 Å². The molecule has 0 saturated heterocycles. The van der Waals surface area contributed by atoms with Gasteiger partial charge in [-0.05, 0) is 36.2 Å². The van der Waals surface area contributed by atoms with Crippen molar-refractivity contribution in [1.29, 1.82) is 0 Å². The van der Waals surface area contributed by atoms with Crippen molar-refractivity contribution >= 4 is 18.3 Å². The maximum Gasteiger partial charge on any atom is 0.257 e. The lowest BCUT2D eigenvalue weighted by Gasteiger charge is -2.22. The molecule has 7 heteroatoms. The molecule has 3 rings (SSSR count). The van der Waals surface area contributed by atoms with E-state index in [1.54, 1.807) is 24.2 Å². The first-order valence-electron chi connectivity index (χ1n) is 9.38. The van der Waals surface area contributed by atoms with Gasteiger partial charge in [-0.1, -0.05) is 42.5 Å². The number of carbonyl (C=O) groups is 1. The Bertz CT molecular complexity index is 881. The average Bonchev–Trinajstić information content (AvgIpc) is 3.20. The molecule has 1 amide bonds. The van der Waals surface area contributed by atoms with Crippen LogP contribution in [0.15, 0.2) is 67.0 Å². The lowest BCUT2D eigenvalue weighted by Crippen LogP contribution is -2.32. The van der Waals surface area contributed by atoms with Crippen LogP contribution >= 0.6 is 12.4 Å². The fourth-order valence-corrected chi connectivity index (χ4v) is 3.00. The zero-order valence-electron chi connectivity index (χ0n) is 16.5. The van der Waals surface area contributed by atoms with Crippen molar-refractivity contribution in [3.05, 3.63) is 83.7 Å². The molecule has 6 nitrogen and oxygen atoms in total. The highest BCUT2D eigenvalue weighted by Gasteiger charge is 2.17. The summed E-state index contributed by atoms with van der Waals surface area (Å²) in [5, 5.41) is 4.36. The third-order valence-corrected chi connectivity index (χ3v) is 4.52. The first-order chi connectivity index (χ1) is 13.7. The number of methoxy groups -OCH3 is 1. The van der Waals surface area contributed by atoms with Gasteiger partial charge in [0.1, 0.15) is 5.75 Å². The number of hydrogen-bond acceptors (Lipinski definition) is 4. The highest BCUT2D eigenvalue weighted by molar-refractivity contribution is 5.93. The van der Waals surface area contributed by atoms with Crippen LogP contribution in [-0.4, -0.2) is 40.8 Å². The summed E-state index contributed by atoms with van der Waals surface area (Å²) in [5.41, 5.74) is 8.43. The maximum atomic E-state index is 13.0. The van der Waals surface area contributed by atoms with Gasteiger partial charge in [0.2, 0.25) is 0 Å². The molecule has 2 aromatic carbocycles. The molecule has 0 aliphatic rings. The molecule has 0 fully saturated rings. The quantitative estimate of drug-likeness (QED) is 0.582. The summed E-state index contributed by atoms with van der Waals surface area (Å²) in [7, 11) is 1.65. The Hall–Kier alpha value is -2.83. The van der Waals surface area contributed by atoms with Gasteiger partial charge in [0.05, 0.1) is 25.4 Å². The second-order valence-corrected chi connectivity index (χ2v) is 6.63. The molecule has 2 N–H and O–H groups in total. The van der Waals surface area contributed by atoms with E-state index in [4.69, 9.17) is 10.5 Å². The van der Waals surface area contributed by atoms with Crippen molar-refractivity contribution in [1.82, 2.24) is 14.7 Å². The van der Waals surface area contributed by atoms with Gasteiger partial charge in [-0.25, -0.2) is 0 Å². The normalized spacial score (nSPS) is 10.3. The number of hydrogen-bond donors (Lipinski definition) is 1. The predicted octanol–water partition coefficient (Wildman–Crippen LogP) is 3.35. The Morgan fingerprint density at radius 3 is 2.48 bits per heavy atom. The monoisotopic (exact) mass is 414 g/mol. The molecule has 0 radical (unpaired) electrons. The number of nitrogens with zero attached hydrogens (tertiary/aromatic N) is 3. The number of rotatable bonds is 9. The maximum absolute atomic E-state index is 13.0. The van der Waals surface area contributed by atoms with E-state index < -0.39 is 0 Å². The molecule has 0 atom stereocenters. The zero-order chi connectivity index (χ0) is 19.8. The second-order valence-electron chi connectivity index (χ2n) is 6.63. The molecule has 1 aromatic heterocycles. The van der Waals surface area contributed by atoms with E-state index in [-0.39, 0.29) is 18.3 Å². The molecule has 0 aliphatic carbocycles. The van der Waals surface area contributed by atoms with Crippen LogP contribution in [0, 0.1) is 0 Å². The summed E-state index contributed by atoms with van der Waals surface area (Å²) in [6, 6.07) is 17.8. The number of ether oxygens (including phenoxy) is 1. The number of amides is 1. The minimum atomic E-state index is -0.0294. The molecule has 3 aromatic rings. The Morgan fingerprint density at radius 2 is 1.83 bits per heavy atom. The summed E-state index contributed by atoms with van der Waals surface area (Å²) < 4.78 is 6.96. The zero-order valence-corrected chi connectivity index (χ0v) is 17.3. The van der Waals surface area contributed by atoms with Crippen LogP contribution < -0.4 is 10.5 Å². The van der Waals surface area contributed by atoms with Gasteiger partial charge in [-0.2, -0.15) is 5.10 Å². The van der Waals surface area contributed by atoms with Gasteiger partial charge in [0.25, 0.3) is 5.91 Å². The molecular weight excluding hydrogens is 388 g/mol. The number of nitrogens with two attached hydrogens (primary N) is 1. The number of halogens is 1. The summed E-state index contributed by atoms with van der Waals surface area (Å²) in [4.78, 5) is 14.8. The highest BCUT2D eigenvalue weighted by Crippen LogP contribution is 2.14. The molecule has 0 spiro atoms. The lowest BCUT2D eigenvalue weighted by molar-refractivity contribution is 0.0742. The minimum Gasteiger partial charge on any atom is -0.497 e. The van der Waals surface area contributed by atoms with Crippen molar-refractivity contribution in [2.75, 3.05) is 20.2 Å². The fraction of sp³-hybridized carbons (Fsp3) is 0.273. The Balaban J connectivity index is 0.00000300. The van der Waals surface area contributed by atoms with Crippen molar-refractivity contribution in [3.8, 4) is 5.75 Å². The van der Waals surface area contributed by atoms with E-state index in [2.05, 4.69) is 5.10 Å². The Kier molecular flexibility index (Phi) is 8.70. The van der Waals surface area contributed by atoms with E-state index in [1.165, 1.54) is 0 Å². The van der Waals surface area contributed by atoms with Gasteiger partial charge in [0.15, 0.2) is 0 Å². The number of carbonyl (C=O) groups excluding carboxylic acids is 1.